The van der Waals surface area contributed by atoms with Crippen LogP contribution < -0.4 is 10.2 Å². The van der Waals surface area contributed by atoms with Gasteiger partial charge in [0.25, 0.3) is 0 Å². The van der Waals surface area contributed by atoms with Crippen molar-refractivity contribution in [3.63, 3.8) is 0 Å². The summed E-state index contributed by atoms with van der Waals surface area (Å²) in [5.41, 5.74) is 0.935. The molecule has 2 rings (SSSR count). The molecule has 21 heavy (non-hydrogen) atoms. The average molecular weight is 294 g/mol. The standard InChI is InChI=1S/C16H27FN4/c1-12(2)18-10-13-9-14(17)11-19-16(13)21(4)15-5-7-20(3)8-6-15/h9,11-12,15,18H,5-8,10H2,1-4H3. The number of pyridine rings is 1. The van der Waals surface area contributed by atoms with E-state index in [0.29, 0.717) is 18.6 Å². The van der Waals surface area contributed by atoms with Crippen LogP contribution in [0.2, 0.25) is 0 Å². The third-order valence-electron chi connectivity index (χ3n) is 4.18. The molecule has 0 radical (unpaired) electrons. The maximum Gasteiger partial charge on any atom is 0.141 e. The normalized spacial score (nSPS) is 17.4. The lowest BCUT2D eigenvalue weighted by molar-refractivity contribution is 0.252. The van der Waals surface area contributed by atoms with Crippen molar-refractivity contribution in [2.24, 2.45) is 0 Å². The summed E-state index contributed by atoms with van der Waals surface area (Å²) in [6.07, 6.45) is 3.58. The largest absolute Gasteiger partial charge is 0.356 e. The second-order valence-electron chi connectivity index (χ2n) is 6.32. The van der Waals surface area contributed by atoms with E-state index in [2.05, 4.69) is 48.0 Å². The molecular weight excluding hydrogens is 267 g/mol. The van der Waals surface area contributed by atoms with E-state index < -0.39 is 0 Å². The predicted octanol–water partition coefficient (Wildman–Crippen LogP) is 2.25. The van der Waals surface area contributed by atoms with Crippen molar-refractivity contribution in [1.29, 1.82) is 0 Å². The second kappa shape index (κ2) is 7.18. The van der Waals surface area contributed by atoms with E-state index in [4.69, 9.17) is 0 Å². The number of piperidine rings is 1. The van der Waals surface area contributed by atoms with Gasteiger partial charge in [0, 0.05) is 31.2 Å². The summed E-state index contributed by atoms with van der Waals surface area (Å²) < 4.78 is 13.5. The molecule has 0 unspecified atom stereocenters. The number of anilines is 1. The number of rotatable bonds is 5. The molecule has 1 aliphatic rings. The van der Waals surface area contributed by atoms with Gasteiger partial charge in [0.15, 0.2) is 0 Å². The molecule has 1 saturated heterocycles. The zero-order valence-electron chi connectivity index (χ0n) is 13.6. The summed E-state index contributed by atoms with van der Waals surface area (Å²) >= 11 is 0. The topological polar surface area (TPSA) is 31.4 Å². The molecule has 0 bridgehead atoms. The predicted molar refractivity (Wildman–Crippen MR) is 85.1 cm³/mol. The molecule has 1 aromatic heterocycles. The SMILES string of the molecule is CC(C)NCc1cc(F)cnc1N(C)C1CCN(C)CC1. The van der Waals surface area contributed by atoms with E-state index in [1.807, 2.05) is 0 Å². The Balaban J connectivity index is 2.13. The van der Waals surface area contributed by atoms with Crippen LogP contribution in [0.4, 0.5) is 10.2 Å². The molecule has 1 fully saturated rings. The first-order chi connectivity index (χ1) is 9.97. The van der Waals surface area contributed by atoms with Crippen LogP contribution in [0.15, 0.2) is 12.3 Å². The lowest BCUT2D eigenvalue weighted by atomic mass is 10.0. The number of likely N-dealkylation sites (tertiary alicyclic amines) is 1. The third-order valence-corrected chi connectivity index (χ3v) is 4.18. The van der Waals surface area contributed by atoms with Crippen molar-refractivity contribution in [2.75, 3.05) is 32.1 Å². The molecule has 2 heterocycles. The molecule has 0 atom stereocenters. The number of hydrogen-bond donors (Lipinski definition) is 1. The van der Waals surface area contributed by atoms with E-state index in [0.717, 1.165) is 37.3 Å². The molecule has 0 aromatic carbocycles. The van der Waals surface area contributed by atoms with Gasteiger partial charge >= 0.3 is 0 Å². The fourth-order valence-corrected chi connectivity index (χ4v) is 2.79. The maximum atomic E-state index is 13.5. The van der Waals surface area contributed by atoms with Crippen molar-refractivity contribution in [3.05, 3.63) is 23.6 Å². The minimum absolute atomic E-state index is 0.268. The average Bonchev–Trinajstić information content (AvgIpc) is 2.45. The monoisotopic (exact) mass is 294 g/mol. The smallest absolute Gasteiger partial charge is 0.141 e. The highest BCUT2D eigenvalue weighted by Crippen LogP contribution is 2.24. The fourth-order valence-electron chi connectivity index (χ4n) is 2.79. The Morgan fingerprint density at radius 3 is 2.71 bits per heavy atom. The lowest BCUT2D eigenvalue weighted by Crippen LogP contribution is -2.42. The Bertz CT molecular complexity index is 456. The first-order valence-corrected chi connectivity index (χ1v) is 7.76. The quantitative estimate of drug-likeness (QED) is 0.902. The Labute approximate surface area is 127 Å². The van der Waals surface area contributed by atoms with Gasteiger partial charge in [-0.15, -0.1) is 0 Å². The van der Waals surface area contributed by atoms with Crippen LogP contribution in [0.1, 0.15) is 32.3 Å². The highest BCUT2D eigenvalue weighted by Gasteiger charge is 2.23. The number of hydrogen-bond acceptors (Lipinski definition) is 4. The van der Waals surface area contributed by atoms with Crippen LogP contribution in [0, 0.1) is 5.82 Å². The molecule has 1 N–H and O–H groups in total. The lowest BCUT2D eigenvalue weighted by Gasteiger charge is -2.36. The van der Waals surface area contributed by atoms with Crippen LogP contribution in [-0.4, -0.2) is 49.2 Å². The van der Waals surface area contributed by atoms with Gasteiger partial charge in [-0.3, -0.25) is 0 Å². The highest BCUT2D eigenvalue weighted by atomic mass is 19.1. The van der Waals surface area contributed by atoms with Crippen molar-refractivity contribution in [1.82, 2.24) is 15.2 Å². The summed E-state index contributed by atoms with van der Waals surface area (Å²) in [4.78, 5) is 8.92. The van der Waals surface area contributed by atoms with Crippen LogP contribution in [0.3, 0.4) is 0 Å². The number of nitrogens with one attached hydrogen (secondary N) is 1. The Morgan fingerprint density at radius 2 is 2.10 bits per heavy atom. The zero-order valence-corrected chi connectivity index (χ0v) is 13.6. The molecule has 1 aliphatic heterocycles. The Hall–Kier alpha value is -1.20. The second-order valence-corrected chi connectivity index (χ2v) is 6.32. The molecular formula is C16H27FN4. The third kappa shape index (κ3) is 4.38. The molecule has 1 aromatic rings. The van der Waals surface area contributed by atoms with Gasteiger partial charge in [0.2, 0.25) is 0 Å². The summed E-state index contributed by atoms with van der Waals surface area (Å²) in [5.74, 6) is 0.634. The fraction of sp³-hybridized carbons (Fsp3) is 0.688. The molecule has 5 heteroatoms. The summed E-state index contributed by atoms with van der Waals surface area (Å²) in [5, 5.41) is 3.35. The van der Waals surface area contributed by atoms with Crippen LogP contribution in [-0.2, 0) is 6.54 Å². The summed E-state index contributed by atoms with van der Waals surface area (Å²) in [6, 6.07) is 2.45. The molecule has 0 amide bonds. The van der Waals surface area contributed by atoms with Crippen molar-refractivity contribution in [3.8, 4) is 0 Å². The maximum absolute atomic E-state index is 13.5. The van der Waals surface area contributed by atoms with Crippen LogP contribution in [0.25, 0.3) is 0 Å². The molecule has 0 aliphatic carbocycles. The molecule has 0 spiro atoms. The number of aromatic nitrogens is 1. The molecule has 4 nitrogen and oxygen atoms in total. The van der Waals surface area contributed by atoms with E-state index in [1.54, 1.807) is 6.07 Å². The van der Waals surface area contributed by atoms with E-state index >= 15 is 0 Å². The van der Waals surface area contributed by atoms with Gasteiger partial charge in [-0.05, 0) is 39.0 Å². The van der Waals surface area contributed by atoms with Crippen molar-refractivity contribution in [2.45, 2.75) is 45.3 Å². The van der Waals surface area contributed by atoms with Crippen LogP contribution in [0.5, 0.6) is 0 Å². The van der Waals surface area contributed by atoms with Gasteiger partial charge in [-0.2, -0.15) is 0 Å². The summed E-state index contributed by atoms with van der Waals surface area (Å²) in [7, 11) is 4.24. The number of nitrogens with zero attached hydrogens (tertiary/aromatic N) is 3. The highest BCUT2D eigenvalue weighted by molar-refractivity contribution is 5.47. The summed E-state index contributed by atoms with van der Waals surface area (Å²) in [6.45, 7) is 7.04. The minimum Gasteiger partial charge on any atom is -0.356 e. The van der Waals surface area contributed by atoms with Gasteiger partial charge < -0.3 is 15.1 Å². The van der Waals surface area contributed by atoms with E-state index in [1.165, 1.54) is 6.20 Å². The minimum atomic E-state index is -0.268. The molecule has 118 valence electrons. The van der Waals surface area contributed by atoms with Gasteiger partial charge in [-0.1, -0.05) is 13.8 Å². The van der Waals surface area contributed by atoms with Crippen LogP contribution >= 0.6 is 0 Å². The van der Waals surface area contributed by atoms with Gasteiger partial charge in [-0.25, -0.2) is 9.37 Å². The first kappa shape index (κ1) is 16.2. The Morgan fingerprint density at radius 1 is 1.43 bits per heavy atom. The van der Waals surface area contributed by atoms with Gasteiger partial charge in [0.1, 0.15) is 11.6 Å². The van der Waals surface area contributed by atoms with E-state index in [-0.39, 0.29) is 5.82 Å². The zero-order chi connectivity index (χ0) is 15.4. The first-order valence-electron chi connectivity index (χ1n) is 7.76. The van der Waals surface area contributed by atoms with Crippen molar-refractivity contribution >= 4 is 5.82 Å². The number of halogens is 1. The van der Waals surface area contributed by atoms with Gasteiger partial charge in [0.05, 0.1) is 6.20 Å². The molecule has 0 saturated carbocycles. The van der Waals surface area contributed by atoms with Crippen molar-refractivity contribution < 1.29 is 4.39 Å². The Kier molecular flexibility index (Phi) is 5.53. The van der Waals surface area contributed by atoms with E-state index in [9.17, 15) is 4.39 Å².